The van der Waals surface area contributed by atoms with E-state index in [2.05, 4.69) is 18.2 Å². The largest absolute Gasteiger partial charge is 0.382 e. The van der Waals surface area contributed by atoms with Crippen molar-refractivity contribution in [3.8, 4) is 0 Å². The van der Waals surface area contributed by atoms with Crippen molar-refractivity contribution in [3.05, 3.63) is 11.9 Å². The Kier molecular flexibility index (Phi) is 5.93. The highest BCUT2D eigenvalue weighted by Gasteiger charge is 2.36. The molecule has 2 saturated heterocycles. The van der Waals surface area contributed by atoms with Gasteiger partial charge in [0, 0.05) is 26.2 Å². The minimum absolute atomic E-state index is 0.00245. The van der Waals surface area contributed by atoms with Gasteiger partial charge in [-0.25, -0.2) is 4.68 Å². The number of hydrogen-bond acceptors (Lipinski definition) is 7. The lowest BCUT2D eigenvalue weighted by atomic mass is 9.95. The molecule has 0 bridgehead atoms. The Morgan fingerprint density at radius 2 is 2.04 bits per heavy atom. The first-order valence-corrected chi connectivity index (χ1v) is 8.45. The van der Waals surface area contributed by atoms with Crippen molar-refractivity contribution in [3.63, 3.8) is 0 Å². The molecule has 2 aliphatic heterocycles. The molecule has 10 heteroatoms. The summed E-state index contributed by atoms with van der Waals surface area (Å²) in [7, 11) is 7.44. The zero-order chi connectivity index (χ0) is 17.1. The maximum absolute atomic E-state index is 5.88. The molecule has 0 radical (unpaired) electrons. The molecule has 3 rings (SSSR count). The lowest BCUT2D eigenvalue weighted by molar-refractivity contribution is -0.169. The summed E-state index contributed by atoms with van der Waals surface area (Å²) in [6.07, 6.45) is 3.25. The Bertz CT molecular complexity index is 534. The summed E-state index contributed by atoms with van der Waals surface area (Å²) < 4.78 is 29.9. The molecule has 8 nitrogen and oxygen atoms in total. The maximum atomic E-state index is 5.88. The van der Waals surface area contributed by atoms with Gasteiger partial charge >= 0.3 is 0 Å². The van der Waals surface area contributed by atoms with Crippen molar-refractivity contribution < 1.29 is 23.7 Å². The van der Waals surface area contributed by atoms with Crippen LogP contribution < -0.4 is 0 Å². The second-order valence-corrected chi connectivity index (χ2v) is 6.57. The number of hydrogen-bond donors (Lipinski definition) is 0. The average molecular weight is 337 g/mol. The summed E-state index contributed by atoms with van der Waals surface area (Å²) in [5.41, 5.74) is 0.767. The Balaban J connectivity index is 1.57. The first kappa shape index (κ1) is 17.9. The molecule has 3 heterocycles. The molecule has 0 N–H and O–H groups in total. The van der Waals surface area contributed by atoms with Gasteiger partial charge in [-0.2, -0.15) is 0 Å². The summed E-state index contributed by atoms with van der Waals surface area (Å²) in [6, 6.07) is 0.466. The van der Waals surface area contributed by atoms with E-state index in [0.29, 0.717) is 13.2 Å². The van der Waals surface area contributed by atoms with Gasteiger partial charge in [-0.3, -0.25) is 0 Å². The van der Waals surface area contributed by atoms with Crippen molar-refractivity contribution >= 4 is 15.7 Å². The molecule has 1 aromatic heterocycles. The van der Waals surface area contributed by atoms with Gasteiger partial charge in [0.25, 0.3) is 0 Å². The smallest absolute Gasteiger partial charge is 0.183 e. The fourth-order valence-corrected chi connectivity index (χ4v) is 3.40. The van der Waals surface area contributed by atoms with Crippen LogP contribution in [0.25, 0.3) is 0 Å². The molecule has 0 amide bonds. The van der Waals surface area contributed by atoms with Crippen LogP contribution in [-0.4, -0.2) is 82.0 Å². The summed E-state index contributed by atoms with van der Waals surface area (Å²) in [6.45, 7) is 0.888. The first-order valence-electron chi connectivity index (χ1n) is 8.45. The topological polar surface area (TPSA) is 76.9 Å². The van der Waals surface area contributed by atoms with Crippen LogP contribution in [0.3, 0.4) is 0 Å². The van der Waals surface area contributed by atoms with Crippen LogP contribution in [0.15, 0.2) is 6.20 Å². The van der Waals surface area contributed by atoms with Gasteiger partial charge < -0.3 is 23.7 Å². The van der Waals surface area contributed by atoms with E-state index in [4.69, 9.17) is 23.7 Å². The molecule has 0 unspecified atom stereocenters. The molecule has 0 saturated carbocycles. The number of methoxy groups -OCH3 is 2. The van der Waals surface area contributed by atoms with Crippen molar-refractivity contribution in [2.45, 2.75) is 56.0 Å². The van der Waals surface area contributed by atoms with E-state index in [1.165, 1.54) is 0 Å². The fourth-order valence-electron chi connectivity index (χ4n) is 3.40. The highest BCUT2D eigenvalue weighted by atomic mass is 16.7. The normalized spacial score (nSPS) is 36.4. The second kappa shape index (κ2) is 7.97. The molecule has 0 aromatic carbocycles. The van der Waals surface area contributed by atoms with E-state index in [0.717, 1.165) is 18.5 Å². The Labute approximate surface area is 143 Å². The predicted octanol–water partition coefficient (Wildman–Crippen LogP) is -1.55. The molecular formula is C14H25B2N3O5. The molecule has 132 valence electrons. The Morgan fingerprint density at radius 1 is 1.25 bits per heavy atom. The van der Waals surface area contributed by atoms with E-state index in [-0.39, 0.29) is 36.5 Å². The third kappa shape index (κ3) is 4.00. The van der Waals surface area contributed by atoms with Crippen LogP contribution in [0.1, 0.15) is 24.6 Å². The quantitative estimate of drug-likeness (QED) is 0.558. The van der Waals surface area contributed by atoms with Gasteiger partial charge in [0.15, 0.2) is 6.29 Å². The lowest BCUT2D eigenvalue weighted by Gasteiger charge is -2.17. The van der Waals surface area contributed by atoms with Gasteiger partial charge in [0.05, 0.1) is 25.5 Å². The third-order valence-electron chi connectivity index (χ3n) is 4.57. The molecule has 0 aliphatic carbocycles. The number of aromatic nitrogens is 3. The maximum Gasteiger partial charge on any atom is 0.183 e. The van der Waals surface area contributed by atoms with Crippen LogP contribution in [-0.2, 0) is 30.3 Å². The summed E-state index contributed by atoms with van der Waals surface area (Å²) in [4.78, 5) is 0. The van der Waals surface area contributed by atoms with E-state index in [1.807, 2.05) is 18.7 Å². The predicted molar refractivity (Wildman–Crippen MR) is 90.2 cm³/mol. The Hall–Kier alpha value is -0.930. The number of ether oxygens (including phenoxy) is 5. The van der Waals surface area contributed by atoms with Crippen LogP contribution in [0, 0.1) is 0 Å². The Morgan fingerprint density at radius 3 is 2.79 bits per heavy atom. The molecule has 6 atom stereocenters. The highest BCUT2D eigenvalue weighted by Crippen LogP contribution is 2.29. The number of rotatable bonds is 7. The second-order valence-electron chi connectivity index (χ2n) is 6.57. The summed E-state index contributed by atoms with van der Waals surface area (Å²) in [5.74, 6) is 0. The van der Waals surface area contributed by atoms with Crippen LogP contribution in [0.5, 0.6) is 0 Å². The molecule has 24 heavy (non-hydrogen) atoms. The van der Waals surface area contributed by atoms with Crippen molar-refractivity contribution in [2.75, 3.05) is 20.8 Å². The van der Waals surface area contributed by atoms with E-state index < -0.39 is 0 Å². The minimum Gasteiger partial charge on any atom is -0.382 e. The van der Waals surface area contributed by atoms with E-state index in [9.17, 15) is 0 Å². The van der Waals surface area contributed by atoms with E-state index >= 15 is 0 Å². The highest BCUT2D eigenvalue weighted by molar-refractivity contribution is 6.11. The minimum atomic E-state index is -0.355. The molecule has 1 aromatic rings. The molecule has 2 fully saturated rings. The lowest BCUT2D eigenvalue weighted by Crippen LogP contribution is -2.26. The monoisotopic (exact) mass is 337 g/mol. The summed E-state index contributed by atoms with van der Waals surface area (Å²) in [5, 5.41) is 8.45. The standard InChI is InChI=1S/C14H25B2N3O5/c1-20-7-11-9(3-12(15)23-11)19-5-8(17-18-19)6-22-14-10(21-2)4-13(16)24-14/h5,9-14H,3-4,6-7,15-16H2,1-2H3/t9-,10-,11-,12-,13-,14+/m1/s1. The average Bonchev–Trinajstić information content (AvgIpc) is 3.24. The SMILES string of the molecule is B[C@H]1C[C@@H](OC)[C@@H](OCc2cn([C@@H]3C[C@H](B)O[C@@H]3COC)nn2)O1. The van der Waals surface area contributed by atoms with Crippen LogP contribution >= 0.6 is 0 Å². The van der Waals surface area contributed by atoms with Gasteiger partial charge in [0.1, 0.15) is 33.6 Å². The van der Waals surface area contributed by atoms with Crippen molar-refractivity contribution in [1.82, 2.24) is 15.0 Å². The zero-order valence-corrected chi connectivity index (χ0v) is 14.8. The van der Waals surface area contributed by atoms with Crippen LogP contribution in [0.2, 0.25) is 0 Å². The van der Waals surface area contributed by atoms with Crippen molar-refractivity contribution in [1.29, 1.82) is 0 Å². The van der Waals surface area contributed by atoms with Gasteiger partial charge in [0.2, 0.25) is 0 Å². The van der Waals surface area contributed by atoms with Gasteiger partial charge in [-0.05, 0) is 12.8 Å². The van der Waals surface area contributed by atoms with Gasteiger partial charge in [-0.15, -0.1) is 5.10 Å². The molecule has 2 aliphatic rings. The third-order valence-corrected chi connectivity index (χ3v) is 4.57. The van der Waals surface area contributed by atoms with Crippen LogP contribution in [0.4, 0.5) is 0 Å². The van der Waals surface area contributed by atoms with Crippen molar-refractivity contribution in [2.24, 2.45) is 0 Å². The molecule has 0 spiro atoms. The zero-order valence-electron chi connectivity index (χ0n) is 14.8. The van der Waals surface area contributed by atoms with Gasteiger partial charge in [-0.1, -0.05) is 5.21 Å². The fraction of sp³-hybridized carbons (Fsp3) is 0.857. The number of nitrogens with zero attached hydrogens (tertiary/aromatic N) is 3. The molecular weight excluding hydrogens is 312 g/mol. The first-order chi connectivity index (χ1) is 11.6. The summed E-state index contributed by atoms with van der Waals surface area (Å²) >= 11 is 0. The van der Waals surface area contributed by atoms with E-state index in [1.54, 1.807) is 14.2 Å².